The van der Waals surface area contributed by atoms with Gasteiger partial charge in [-0.15, -0.1) is 0 Å². The highest BCUT2D eigenvalue weighted by atomic mass is 35.5. The van der Waals surface area contributed by atoms with E-state index >= 15 is 0 Å². The molecule has 0 aliphatic rings. The summed E-state index contributed by atoms with van der Waals surface area (Å²) in [6.07, 6.45) is 0.0795. The second-order valence-electron chi connectivity index (χ2n) is 4.40. The van der Waals surface area contributed by atoms with Gasteiger partial charge < -0.3 is 10.4 Å². The SMILES string of the molecule is CC(C)C(NC(=O)Cc1ccccc1Cl)C(=O)O. The van der Waals surface area contributed by atoms with Crippen LogP contribution in [0.3, 0.4) is 0 Å². The average Bonchev–Trinajstić information content (AvgIpc) is 2.28. The van der Waals surface area contributed by atoms with Gasteiger partial charge in [-0.3, -0.25) is 4.79 Å². The van der Waals surface area contributed by atoms with Gasteiger partial charge in [-0.1, -0.05) is 43.6 Å². The maximum atomic E-state index is 11.8. The molecule has 0 bridgehead atoms. The van der Waals surface area contributed by atoms with Crippen LogP contribution in [0, 0.1) is 5.92 Å². The molecule has 5 heteroatoms. The third-order valence-corrected chi connectivity index (χ3v) is 2.93. The summed E-state index contributed by atoms with van der Waals surface area (Å²) in [5.74, 6) is -1.54. The lowest BCUT2D eigenvalue weighted by Crippen LogP contribution is -2.44. The topological polar surface area (TPSA) is 66.4 Å². The zero-order valence-corrected chi connectivity index (χ0v) is 11.1. The number of aliphatic carboxylic acids is 1. The van der Waals surface area contributed by atoms with Gasteiger partial charge in [0.1, 0.15) is 6.04 Å². The van der Waals surface area contributed by atoms with E-state index in [1.165, 1.54) is 0 Å². The van der Waals surface area contributed by atoms with E-state index in [-0.39, 0.29) is 18.2 Å². The first-order chi connectivity index (χ1) is 8.41. The molecule has 1 aromatic rings. The summed E-state index contributed by atoms with van der Waals surface area (Å²) >= 11 is 5.93. The Kier molecular flexibility index (Phi) is 5.16. The molecule has 0 saturated heterocycles. The van der Waals surface area contributed by atoms with Crippen LogP contribution < -0.4 is 5.32 Å². The van der Waals surface area contributed by atoms with Gasteiger partial charge in [0.15, 0.2) is 0 Å². The minimum absolute atomic E-state index is 0.0795. The Hall–Kier alpha value is -1.55. The van der Waals surface area contributed by atoms with Crippen LogP contribution in [0.5, 0.6) is 0 Å². The van der Waals surface area contributed by atoms with E-state index in [4.69, 9.17) is 16.7 Å². The average molecular weight is 270 g/mol. The van der Waals surface area contributed by atoms with E-state index in [1.54, 1.807) is 38.1 Å². The van der Waals surface area contributed by atoms with Gasteiger partial charge in [0, 0.05) is 5.02 Å². The van der Waals surface area contributed by atoms with Crippen molar-refractivity contribution in [3.63, 3.8) is 0 Å². The highest BCUT2D eigenvalue weighted by Gasteiger charge is 2.23. The molecule has 98 valence electrons. The Bertz CT molecular complexity index is 446. The number of nitrogens with one attached hydrogen (secondary N) is 1. The third-order valence-electron chi connectivity index (χ3n) is 2.56. The van der Waals surface area contributed by atoms with E-state index in [1.807, 2.05) is 0 Å². The fourth-order valence-corrected chi connectivity index (χ4v) is 1.76. The van der Waals surface area contributed by atoms with Crippen LogP contribution in [-0.4, -0.2) is 23.0 Å². The molecular weight excluding hydrogens is 254 g/mol. The first kappa shape index (κ1) is 14.5. The normalized spacial score (nSPS) is 12.2. The first-order valence-electron chi connectivity index (χ1n) is 5.67. The molecular formula is C13H16ClNO3. The van der Waals surface area contributed by atoms with Crippen LogP contribution in [-0.2, 0) is 16.0 Å². The zero-order valence-electron chi connectivity index (χ0n) is 10.3. The summed E-state index contributed by atoms with van der Waals surface area (Å²) in [6.45, 7) is 3.49. The maximum absolute atomic E-state index is 11.8. The van der Waals surface area contributed by atoms with E-state index < -0.39 is 12.0 Å². The van der Waals surface area contributed by atoms with Gasteiger partial charge in [-0.05, 0) is 17.5 Å². The molecule has 4 nitrogen and oxygen atoms in total. The highest BCUT2D eigenvalue weighted by Crippen LogP contribution is 2.15. The number of hydrogen-bond acceptors (Lipinski definition) is 2. The lowest BCUT2D eigenvalue weighted by Gasteiger charge is -2.18. The van der Waals surface area contributed by atoms with Crippen LogP contribution in [0.25, 0.3) is 0 Å². The van der Waals surface area contributed by atoms with Gasteiger partial charge in [-0.2, -0.15) is 0 Å². The Balaban J connectivity index is 2.67. The first-order valence-corrected chi connectivity index (χ1v) is 6.05. The Morgan fingerprint density at radius 1 is 1.33 bits per heavy atom. The second-order valence-corrected chi connectivity index (χ2v) is 4.80. The van der Waals surface area contributed by atoms with Crippen molar-refractivity contribution in [3.8, 4) is 0 Å². The number of amides is 1. The standard InChI is InChI=1S/C13H16ClNO3/c1-8(2)12(13(17)18)15-11(16)7-9-5-3-4-6-10(9)14/h3-6,8,12H,7H2,1-2H3,(H,15,16)(H,17,18). The summed E-state index contributed by atoms with van der Waals surface area (Å²) in [4.78, 5) is 22.7. The highest BCUT2D eigenvalue weighted by molar-refractivity contribution is 6.31. The lowest BCUT2D eigenvalue weighted by molar-refractivity contribution is -0.143. The molecule has 1 aromatic carbocycles. The fraction of sp³-hybridized carbons (Fsp3) is 0.385. The number of carbonyl (C=O) groups is 2. The molecule has 1 unspecified atom stereocenters. The number of carboxylic acid groups (broad SMARTS) is 1. The molecule has 0 aliphatic carbocycles. The molecule has 0 radical (unpaired) electrons. The molecule has 1 amide bonds. The van der Waals surface area contributed by atoms with Gasteiger partial charge >= 0.3 is 5.97 Å². The fourth-order valence-electron chi connectivity index (χ4n) is 1.55. The van der Waals surface area contributed by atoms with Gasteiger partial charge in [-0.25, -0.2) is 4.79 Å². The Labute approximate surface area is 111 Å². The van der Waals surface area contributed by atoms with Gasteiger partial charge in [0.05, 0.1) is 6.42 Å². The summed E-state index contributed by atoms with van der Waals surface area (Å²) in [7, 11) is 0. The van der Waals surface area contributed by atoms with Crippen molar-refractivity contribution in [1.29, 1.82) is 0 Å². The van der Waals surface area contributed by atoms with Gasteiger partial charge in [0.25, 0.3) is 0 Å². The van der Waals surface area contributed by atoms with Crippen molar-refractivity contribution < 1.29 is 14.7 Å². The Morgan fingerprint density at radius 3 is 2.44 bits per heavy atom. The van der Waals surface area contributed by atoms with E-state index in [2.05, 4.69) is 5.32 Å². The zero-order chi connectivity index (χ0) is 13.7. The number of carbonyl (C=O) groups excluding carboxylic acids is 1. The van der Waals surface area contributed by atoms with Crippen molar-refractivity contribution in [1.82, 2.24) is 5.32 Å². The molecule has 0 aromatic heterocycles. The molecule has 0 fully saturated rings. The van der Waals surface area contributed by atoms with Gasteiger partial charge in [0.2, 0.25) is 5.91 Å². The predicted octanol–water partition coefficient (Wildman–Crippen LogP) is 2.11. The molecule has 0 spiro atoms. The monoisotopic (exact) mass is 269 g/mol. The van der Waals surface area contributed by atoms with Crippen molar-refractivity contribution in [2.75, 3.05) is 0 Å². The summed E-state index contributed by atoms with van der Waals surface area (Å²) in [6, 6.07) is 6.12. The van der Waals surface area contributed by atoms with E-state index in [9.17, 15) is 9.59 Å². The third kappa shape index (κ3) is 4.04. The van der Waals surface area contributed by atoms with Crippen molar-refractivity contribution in [2.24, 2.45) is 5.92 Å². The maximum Gasteiger partial charge on any atom is 0.326 e. The van der Waals surface area contributed by atoms with Crippen molar-refractivity contribution in [2.45, 2.75) is 26.3 Å². The lowest BCUT2D eigenvalue weighted by atomic mass is 10.0. The quantitative estimate of drug-likeness (QED) is 0.860. The van der Waals surface area contributed by atoms with Crippen LogP contribution >= 0.6 is 11.6 Å². The number of carboxylic acids is 1. The number of rotatable bonds is 5. The van der Waals surface area contributed by atoms with Crippen molar-refractivity contribution >= 4 is 23.5 Å². The number of hydrogen-bond donors (Lipinski definition) is 2. The summed E-state index contributed by atoms with van der Waals surface area (Å²) < 4.78 is 0. The van der Waals surface area contributed by atoms with E-state index in [0.29, 0.717) is 10.6 Å². The Morgan fingerprint density at radius 2 is 1.94 bits per heavy atom. The predicted molar refractivity (Wildman–Crippen MR) is 69.6 cm³/mol. The summed E-state index contributed by atoms with van der Waals surface area (Å²) in [5, 5.41) is 12.0. The molecule has 1 atom stereocenters. The second kappa shape index (κ2) is 6.40. The molecule has 18 heavy (non-hydrogen) atoms. The van der Waals surface area contributed by atoms with Crippen LogP contribution in [0.4, 0.5) is 0 Å². The molecule has 2 N–H and O–H groups in total. The number of halogens is 1. The minimum atomic E-state index is -1.03. The molecule has 0 heterocycles. The van der Waals surface area contributed by atoms with E-state index in [0.717, 1.165) is 0 Å². The van der Waals surface area contributed by atoms with Crippen LogP contribution in [0.15, 0.2) is 24.3 Å². The molecule has 0 aliphatic heterocycles. The van der Waals surface area contributed by atoms with Crippen LogP contribution in [0.2, 0.25) is 5.02 Å². The minimum Gasteiger partial charge on any atom is -0.480 e. The molecule has 0 saturated carbocycles. The van der Waals surface area contributed by atoms with Crippen molar-refractivity contribution in [3.05, 3.63) is 34.9 Å². The van der Waals surface area contributed by atoms with Crippen LogP contribution in [0.1, 0.15) is 19.4 Å². The smallest absolute Gasteiger partial charge is 0.326 e. The molecule has 1 rings (SSSR count). The summed E-state index contributed by atoms with van der Waals surface area (Å²) in [5.41, 5.74) is 0.685. The number of benzene rings is 1. The largest absolute Gasteiger partial charge is 0.480 e.